The third-order valence-corrected chi connectivity index (χ3v) is 4.83. The van der Waals surface area contributed by atoms with Crippen LogP contribution in [-0.2, 0) is 4.79 Å². The van der Waals surface area contributed by atoms with Gasteiger partial charge in [0.25, 0.3) is 0 Å². The highest BCUT2D eigenvalue weighted by molar-refractivity contribution is 7.99. The average molecular weight is 272 g/mol. The Morgan fingerprint density at radius 3 is 2.83 bits per heavy atom. The van der Waals surface area contributed by atoms with Crippen molar-refractivity contribution in [2.45, 2.75) is 19.3 Å². The van der Waals surface area contributed by atoms with Gasteiger partial charge in [-0.3, -0.25) is 4.79 Å². The van der Waals surface area contributed by atoms with Crippen molar-refractivity contribution in [3.8, 4) is 0 Å². The Morgan fingerprint density at radius 1 is 1.33 bits per heavy atom. The zero-order valence-electron chi connectivity index (χ0n) is 10.4. The van der Waals surface area contributed by atoms with Gasteiger partial charge in [-0.1, -0.05) is 0 Å². The van der Waals surface area contributed by atoms with Crippen molar-refractivity contribution >= 4 is 23.8 Å². The van der Waals surface area contributed by atoms with E-state index in [4.69, 9.17) is 5.11 Å². The lowest BCUT2D eigenvalue weighted by Crippen LogP contribution is -2.40. The molecule has 2 heterocycles. The molecule has 2 rings (SSSR count). The minimum Gasteiger partial charge on any atom is -0.481 e. The van der Waals surface area contributed by atoms with Gasteiger partial charge < -0.3 is 15.3 Å². The van der Waals surface area contributed by atoms with Crippen molar-refractivity contribution in [2.24, 2.45) is 11.8 Å². The minimum atomic E-state index is -0.773. The van der Waals surface area contributed by atoms with Gasteiger partial charge in [0.15, 0.2) is 0 Å². The number of rotatable bonds is 4. The van der Waals surface area contributed by atoms with Crippen molar-refractivity contribution in [3.05, 3.63) is 0 Å². The van der Waals surface area contributed by atoms with Crippen LogP contribution in [0.3, 0.4) is 0 Å². The van der Waals surface area contributed by atoms with Crippen LogP contribution < -0.4 is 5.32 Å². The summed E-state index contributed by atoms with van der Waals surface area (Å²) in [7, 11) is 0. The topological polar surface area (TPSA) is 69.6 Å². The first-order valence-electron chi connectivity index (χ1n) is 6.47. The molecule has 0 aromatic heterocycles. The zero-order valence-corrected chi connectivity index (χ0v) is 11.2. The maximum atomic E-state index is 11.9. The van der Waals surface area contributed by atoms with Gasteiger partial charge in [0.1, 0.15) is 0 Å². The molecule has 0 saturated carbocycles. The van der Waals surface area contributed by atoms with Crippen molar-refractivity contribution in [2.75, 3.05) is 31.1 Å². The number of nitrogens with one attached hydrogen (secondary N) is 1. The Labute approximate surface area is 111 Å². The molecule has 0 aliphatic carbocycles. The number of thioether (sulfide) groups is 1. The van der Waals surface area contributed by atoms with Crippen LogP contribution in [0.2, 0.25) is 0 Å². The van der Waals surface area contributed by atoms with E-state index < -0.39 is 5.97 Å². The van der Waals surface area contributed by atoms with Gasteiger partial charge in [-0.2, -0.15) is 11.8 Å². The number of aliphatic carboxylic acids is 1. The van der Waals surface area contributed by atoms with Gasteiger partial charge >= 0.3 is 12.0 Å². The number of amides is 2. The summed E-state index contributed by atoms with van der Waals surface area (Å²) >= 11 is 1.94. The lowest BCUT2D eigenvalue weighted by molar-refractivity contribution is -0.138. The summed E-state index contributed by atoms with van der Waals surface area (Å²) in [6.07, 6.45) is 2.16. The van der Waals surface area contributed by atoms with E-state index >= 15 is 0 Å². The summed E-state index contributed by atoms with van der Waals surface area (Å²) in [5, 5.41) is 11.7. The number of carboxylic acid groups (broad SMARTS) is 1. The van der Waals surface area contributed by atoms with Crippen LogP contribution >= 0.6 is 11.8 Å². The monoisotopic (exact) mass is 272 g/mol. The third kappa shape index (κ3) is 3.80. The molecule has 2 atom stereocenters. The van der Waals surface area contributed by atoms with E-state index in [2.05, 4.69) is 5.32 Å². The van der Waals surface area contributed by atoms with Crippen LogP contribution in [0.4, 0.5) is 4.79 Å². The Balaban J connectivity index is 1.68. The van der Waals surface area contributed by atoms with Gasteiger partial charge in [-0.05, 0) is 36.2 Å². The molecule has 5 nitrogen and oxygen atoms in total. The van der Waals surface area contributed by atoms with Crippen LogP contribution in [0.25, 0.3) is 0 Å². The molecule has 0 aromatic rings. The van der Waals surface area contributed by atoms with Crippen molar-refractivity contribution < 1.29 is 14.7 Å². The Morgan fingerprint density at radius 2 is 2.17 bits per heavy atom. The fraction of sp³-hybridized carbons (Fsp3) is 0.833. The van der Waals surface area contributed by atoms with Crippen molar-refractivity contribution in [1.82, 2.24) is 10.2 Å². The number of hydrogen-bond acceptors (Lipinski definition) is 3. The summed E-state index contributed by atoms with van der Waals surface area (Å²) in [4.78, 5) is 24.2. The average Bonchev–Trinajstić information content (AvgIpc) is 2.95. The lowest BCUT2D eigenvalue weighted by Gasteiger charge is -2.18. The summed E-state index contributed by atoms with van der Waals surface area (Å²) in [6.45, 7) is 2.02. The molecule has 6 heteroatoms. The third-order valence-electron chi connectivity index (χ3n) is 3.60. The number of carboxylic acids is 1. The molecule has 0 bridgehead atoms. The molecule has 0 radical (unpaired) electrons. The molecule has 2 aliphatic rings. The number of urea groups is 1. The Kier molecular flexibility index (Phi) is 4.74. The van der Waals surface area contributed by atoms with Crippen LogP contribution in [0.15, 0.2) is 0 Å². The lowest BCUT2D eigenvalue weighted by atomic mass is 10.1. The van der Waals surface area contributed by atoms with E-state index in [0.29, 0.717) is 19.0 Å². The molecule has 2 N–H and O–H groups in total. The highest BCUT2D eigenvalue weighted by Crippen LogP contribution is 2.23. The molecule has 2 unspecified atom stereocenters. The fourth-order valence-electron chi connectivity index (χ4n) is 2.52. The maximum Gasteiger partial charge on any atom is 0.317 e. The van der Waals surface area contributed by atoms with Crippen LogP contribution in [0.1, 0.15) is 19.3 Å². The number of hydrogen-bond donors (Lipinski definition) is 2. The SMILES string of the molecule is O=C(O)CC1CCN(C(=O)NCC2CCSC2)C1. The van der Waals surface area contributed by atoms with Crippen LogP contribution in [0, 0.1) is 11.8 Å². The number of carbonyl (C=O) groups excluding carboxylic acids is 1. The fourth-order valence-corrected chi connectivity index (χ4v) is 3.80. The van der Waals surface area contributed by atoms with Gasteiger partial charge in [0, 0.05) is 26.1 Å². The largest absolute Gasteiger partial charge is 0.481 e. The second kappa shape index (κ2) is 6.31. The second-order valence-corrected chi connectivity index (χ2v) is 6.26. The van der Waals surface area contributed by atoms with E-state index in [9.17, 15) is 9.59 Å². The van der Waals surface area contributed by atoms with Crippen LogP contribution in [-0.4, -0.2) is 53.1 Å². The molecule has 2 saturated heterocycles. The quantitative estimate of drug-likeness (QED) is 0.808. The first-order chi connectivity index (χ1) is 8.65. The smallest absolute Gasteiger partial charge is 0.317 e. The normalized spacial score (nSPS) is 27.4. The summed E-state index contributed by atoms with van der Waals surface area (Å²) in [6, 6.07) is -0.0280. The molecule has 0 aromatic carbocycles. The van der Waals surface area contributed by atoms with Gasteiger partial charge in [-0.15, -0.1) is 0 Å². The number of nitrogens with zero attached hydrogens (tertiary/aromatic N) is 1. The number of carbonyl (C=O) groups is 2. The van der Waals surface area contributed by atoms with Gasteiger partial charge in [-0.25, -0.2) is 4.79 Å². The van der Waals surface area contributed by atoms with Crippen molar-refractivity contribution in [3.63, 3.8) is 0 Å². The Bertz CT molecular complexity index is 318. The standard InChI is InChI=1S/C12H20N2O3S/c15-11(16)5-9-1-3-14(7-9)12(17)13-6-10-2-4-18-8-10/h9-10H,1-8H2,(H,13,17)(H,15,16). The summed E-state index contributed by atoms with van der Waals surface area (Å²) in [5.74, 6) is 2.30. The number of likely N-dealkylation sites (tertiary alicyclic amines) is 1. The first kappa shape index (κ1) is 13.5. The van der Waals surface area contributed by atoms with E-state index in [1.807, 2.05) is 11.8 Å². The van der Waals surface area contributed by atoms with E-state index in [1.54, 1.807) is 4.90 Å². The molecule has 0 spiro atoms. The second-order valence-electron chi connectivity index (χ2n) is 5.11. The molecule has 2 aliphatic heterocycles. The molecule has 2 fully saturated rings. The van der Waals surface area contributed by atoms with E-state index in [-0.39, 0.29) is 18.4 Å². The van der Waals surface area contributed by atoms with Crippen molar-refractivity contribution in [1.29, 1.82) is 0 Å². The van der Waals surface area contributed by atoms with Crippen LogP contribution in [0.5, 0.6) is 0 Å². The molecule has 102 valence electrons. The van der Waals surface area contributed by atoms with Gasteiger partial charge in [0.2, 0.25) is 0 Å². The molecular weight excluding hydrogens is 252 g/mol. The molecule has 18 heavy (non-hydrogen) atoms. The molecular formula is C12H20N2O3S. The van der Waals surface area contributed by atoms with E-state index in [1.165, 1.54) is 12.2 Å². The predicted octanol–water partition coefficient (Wildman–Crippen LogP) is 1.25. The highest BCUT2D eigenvalue weighted by atomic mass is 32.2. The highest BCUT2D eigenvalue weighted by Gasteiger charge is 2.28. The Hall–Kier alpha value is -0.910. The predicted molar refractivity (Wildman–Crippen MR) is 70.8 cm³/mol. The van der Waals surface area contributed by atoms with E-state index in [0.717, 1.165) is 18.7 Å². The minimum absolute atomic E-state index is 0.0280. The summed E-state index contributed by atoms with van der Waals surface area (Å²) < 4.78 is 0. The maximum absolute atomic E-state index is 11.9. The zero-order chi connectivity index (χ0) is 13.0. The first-order valence-corrected chi connectivity index (χ1v) is 7.63. The molecule has 2 amide bonds. The van der Waals surface area contributed by atoms with Gasteiger partial charge in [0.05, 0.1) is 0 Å². The summed E-state index contributed by atoms with van der Waals surface area (Å²) in [5.41, 5.74) is 0.